The van der Waals surface area contributed by atoms with E-state index in [1.54, 1.807) is 30.3 Å². The summed E-state index contributed by atoms with van der Waals surface area (Å²) in [6.07, 6.45) is 0. The van der Waals surface area contributed by atoms with E-state index < -0.39 is 33.1 Å². The molecule has 6 nitrogen and oxygen atoms in total. The van der Waals surface area contributed by atoms with E-state index >= 15 is 0 Å². The second-order valence-corrected chi connectivity index (χ2v) is 6.11. The quantitative estimate of drug-likeness (QED) is 0.647. The Kier molecular flexibility index (Phi) is 5.53. The first-order chi connectivity index (χ1) is 11.0. The topological polar surface area (TPSA) is 89.3 Å². The Morgan fingerprint density at radius 3 is 2.52 bits per heavy atom. The highest BCUT2D eigenvalue weighted by molar-refractivity contribution is 7.85. The molecule has 0 saturated carbocycles. The highest BCUT2D eigenvalue weighted by Gasteiger charge is 2.16. The Hall–Kier alpha value is -2.61. The molecule has 0 saturated heterocycles. The van der Waals surface area contributed by atoms with Crippen molar-refractivity contribution in [3.63, 3.8) is 0 Å². The van der Waals surface area contributed by atoms with Gasteiger partial charge >= 0.3 is 0 Å². The largest absolute Gasteiger partial charge is 0.351 e. The molecule has 0 aromatic heterocycles. The number of carbonyl (C=O) groups excluding carboxylic acids is 1. The van der Waals surface area contributed by atoms with Crippen LogP contribution < -0.4 is 5.32 Å². The van der Waals surface area contributed by atoms with Gasteiger partial charge in [-0.25, -0.2) is 4.39 Å². The molecule has 1 unspecified atom stereocenters. The van der Waals surface area contributed by atoms with Crippen LogP contribution in [-0.4, -0.2) is 27.3 Å². The molecule has 8 heteroatoms. The number of non-ortho nitro benzene ring substituents is 1. The van der Waals surface area contributed by atoms with Gasteiger partial charge in [0.05, 0.1) is 27.4 Å². The Morgan fingerprint density at radius 2 is 1.91 bits per heavy atom. The van der Waals surface area contributed by atoms with E-state index in [9.17, 15) is 23.5 Å². The normalized spacial score (nSPS) is 11.7. The van der Waals surface area contributed by atoms with Crippen LogP contribution >= 0.6 is 0 Å². The van der Waals surface area contributed by atoms with Crippen LogP contribution in [0.4, 0.5) is 10.1 Å². The minimum Gasteiger partial charge on any atom is -0.351 e. The molecular weight excluding hydrogens is 323 g/mol. The highest BCUT2D eigenvalue weighted by Crippen LogP contribution is 2.16. The van der Waals surface area contributed by atoms with Gasteiger partial charge in [-0.3, -0.25) is 19.1 Å². The number of nitro benzene ring substituents is 1. The number of halogens is 1. The number of nitrogens with one attached hydrogen (secondary N) is 1. The van der Waals surface area contributed by atoms with Gasteiger partial charge in [0.25, 0.3) is 11.6 Å². The Labute approximate surface area is 133 Å². The molecule has 1 atom stereocenters. The summed E-state index contributed by atoms with van der Waals surface area (Å²) in [4.78, 5) is 22.3. The lowest BCUT2D eigenvalue weighted by atomic mass is 10.2. The smallest absolute Gasteiger partial charge is 0.272 e. The van der Waals surface area contributed by atoms with Crippen LogP contribution in [0.25, 0.3) is 0 Å². The third-order valence-electron chi connectivity index (χ3n) is 2.99. The van der Waals surface area contributed by atoms with Crippen molar-refractivity contribution in [2.24, 2.45) is 0 Å². The summed E-state index contributed by atoms with van der Waals surface area (Å²) in [5, 5.41) is 13.0. The Balaban J connectivity index is 1.93. The predicted octanol–water partition coefficient (Wildman–Crippen LogP) is 2.27. The van der Waals surface area contributed by atoms with Crippen LogP contribution in [0, 0.1) is 15.9 Å². The molecule has 0 heterocycles. The molecule has 1 amide bonds. The summed E-state index contributed by atoms with van der Waals surface area (Å²) in [7, 11) is -1.27. The maximum Gasteiger partial charge on any atom is 0.272 e. The Bertz CT molecular complexity index is 752. The molecule has 1 N–H and O–H groups in total. The zero-order valence-corrected chi connectivity index (χ0v) is 12.7. The fourth-order valence-corrected chi connectivity index (χ4v) is 2.83. The van der Waals surface area contributed by atoms with Crippen molar-refractivity contribution in [1.82, 2.24) is 5.32 Å². The fourth-order valence-electron chi connectivity index (χ4n) is 1.84. The molecule has 2 aromatic carbocycles. The maximum atomic E-state index is 13.7. The highest BCUT2D eigenvalue weighted by atomic mass is 32.2. The molecular formula is C15H13FN2O4S. The van der Waals surface area contributed by atoms with Crippen LogP contribution in [0.2, 0.25) is 0 Å². The second kappa shape index (κ2) is 7.59. The van der Waals surface area contributed by atoms with Gasteiger partial charge in [-0.05, 0) is 18.2 Å². The summed E-state index contributed by atoms with van der Waals surface area (Å²) >= 11 is 0. The number of nitrogens with zero attached hydrogens (tertiary/aromatic N) is 1. The first kappa shape index (κ1) is 16.8. The SMILES string of the molecule is O=C(NCCS(=O)c1ccccc1)c1ccc([N+](=O)[O-])cc1F. The van der Waals surface area contributed by atoms with Gasteiger partial charge < -0.3 is 5.32 Å². The van der Waals surface area contributed by atoms with E-state index in [4.69, 9.17) is 0 Å². The monoisotopic (exact) mass is 336 g/mol. The molecule has 2 aromatic rings. The van der Waals surface area contributed by atoms with E-state index in [1.165, 1.54) is 0 Å². The summed E-state index contributed by atoms with van der Waals surface area (Å²) in [6, 6.07) is 11.6. The predicted molar refractivity (Wildman–Crippen MR) is 83.1 cm³/mol. The molecule has 0 aliphatic carbocycles. The fraction of sp³-hybridized carbons (Fsp3) is 0.133. The zero-order chi connectivity index (χ0) is 16.8. The van der Waals surface area contributed by atoms with Crippen molar-refractivity contribution in [2.75, 3.05) is 12.3 Å². The van der Waals surface area contributed by atoms with Crippen molar-refractivity contribution < 1.29 is 18.3 Å². The minimum atomic E-state index is -1.27. The van der Waals surface area contributed by atoms with Gasteiger partial charge in [0, 0.05) is 23.3 Å². The average Bonchev–Trinajstić information content (AvgIpc) is 2.55. The van der Waals surface area contributed by atoms with Crippen molar-refractivity contribution in [2.45, 2.75) is 4.90 Å². The van der Waals surface area contributed by atoms with Gasteiger partial charge in [0.1, 0.15) is 5.82 Å². The number of amides is 1. The van der Waals surface area contributed by atoms with Gasteiger partial charge in [-0.2, -0.15) is 0 Å². The molecule has 0 aliphatic heterocycles. The van der Waals surface area contributed by atoms with Gasteiger partial charge in [-0.1, -0.05) is 18.2 Å². The Morgan fingerprint density at radius 1 is 1.22 bits per heavy atom. The summed E-state index contributed by atoms with van der Waals surface area (Å²) in [5.74, 6) is -1.49. The molecule has 2 rings (SSSR count). The first-order valence-electron chi connectivity index (χ1n) is 6.64. The van der Waals surface area contributed by atoms with E-state index in [0.717, 1.165) is 12.1 Å². The number of nitro groups is 1. The summed E-state index contributed by atoms with van der Waals surface area (Å²) in [6.45, 7) is 0.0940. The van der Waals surface area contributed by atoms with Crippen LogP contribution in [0.15, 0.2) is 53.4 Å². The van der Waals surface area contributed by atoms with Gasteiger partial charge in [0.15, 0.2) is 0 Å². The van der Waals surface area contributed by atoms with E-state index in [-0.39, 0.29) is 17.9 Å². The molecule has 23 heavy (non-hydrogen) atoms. The van der Waals surface area contributed by atoms with Gasteiger partial charge in [0.2, 0.25) is 0 Å². The maximum absolute atomic E-state index is 13.7. The lowest BCUT2D eigenvalue weighted by molar-refractivity contribution is -0.385. The molecule has 0 spiro atoms. The molecule has 0 bridgehead atoms. The third-order valence-corrected chi connectivity index (χ3v) is 4.36. The lowest BCUT2D eigenvalue weighted by Crippen LogP contribution is -2.28. The van der Waals surface area contributed by atoms with Crippen LogP contribution in [0.1, 0.15) is 10.4 Å². The molecule has 120 valence electrons. The second-order valence-electron chi connectivity index (χ2n) is 4.54. The van der Waals surface area contributed by atoms with E-state index in [0.29, 0.717) is 11.0 Å². The molecule has 0 radical (unpaired) electrons. The van der Waals surface area contributed by atoms with Crippen LogP contribution in [-0.2, 0) is 10.8 Å². The van der Waals surface area contributed by atoms with Crippen molar-refractivity contribution in [3.8, 4) is 0 Å². The first-order valence-corrected chi connectivity index (χ1v) is 7.96. The summed E-state index contributed by atoms with van der Waals surface area (Å²) in [5.41, 5.74) is -0.717. The third kappa shape index (κ3) is 4.43. The average molecular weight is 336 g/mol. The van der Waals surface area contributed by atoms with E-state index in [2.05, 4.69) is 5.32 Å². The molecule has 0 aliphatic rings. The molecule has 0 fully saturated rings. The number of carbonyl (C=O) groups is 1. The summed E-state index contributed by atoms with van der Waals surface area (Å²) < 4.78 is 25.6. The van der Waals surface area contributed by atoms with Gasteiger partial charge in [-0.15, -0.1) is 0 Å². The van der Waals surface area contributed by atoms with Crippen molar-refractivity contribution in [1.29, 1.82) is 0 Å². The zero-order valence-electron chi connectivity index (χ0n) is 11.9. The van der Waals surface area contributed by atoms with Crippen LogP contribution in [0.5, 0.6) is 0 Å². The standard InChI is InChI=1S/C15H13FN2O4S/c16-14-10-11(18(20)21)6-7-13(14)15(19)17-8-9-23(22)12-4-2-1-3-5-12/h1-7,10H,8-9H2,(H,17,19). The van der Waals surface area contributed by atoms with Crippen molar-refractivity contribution in [3.05, 3.63) is 70.0 Å². The van der Waals surface area contributed by atoms with Crippen molar-refractivity contribution >= 4 is 22.4 Å². The van der Waals surface area contributed by atoms with Crippen LogP contribution in [0.3, 0.4) is 0 Å². The number of hydrogen-bond acceptors (Lipinski definition) is 4. The lowest BCUT2D eigenvalue weighted by Gasteiger charge is -2.06. The minimum absolute atomic E-state index is 0.0940. The van der Waals surface area contributed by atoms with E-state index in [1.807, 2.05) is 0 Å². The number of rotatable bonds is 6. The number of benzene rings is 2. The number of hydrogen-bond donors (Lipinski definition) is 1.